The fraction of sp³-hybridized carbons (Fsp3) is 0.783. The molecule has 2 saturated carbocycles. The zero-order valence-corrected chi connectivity index (χ0v) is 17.8. The van der Waals surface area contributed by atoms with Gasteiger partial charge in [0.1, 0.15) is 6.10 Å². The molecule has 5 fully saturated rings. The monoisotopic (exact) mass is 412 g/mol. The van der Waals surface area contributed by atoms with Crippen molar-refractivity contribution in [3.8, 4) is 0 Å². The number of rotatable bonds is 3. The van der Waals surface area contributed by atoms with Gasteiger partial charge in [0.15, 0.2) is 0 Å². The van der Waals surface area contributed by atoms with Crippen LogP contribution in [0.15, 0.2) is 18.5 Å². The van der Waals surface area contributed by atoms with E-state index in [4.69, 9.17) is 9.47 Å². The highest BCUT2D eigenvalue weighted by Crippen LogP contribution is 2.62. The smallest absolute Gasteiger partial charge is 0.310 e. The first-order valence-corrected chi connectivity index (χ1v) is 11.7. The van der Waals surface area contributed by atoms with Gasteiger partial charge in [-0.1, -0.05) is 6.92 Å². The molecule has 6 atom stereocenters. The summed E-state index contributed by atoms with van der Waals surface area (Å²) in [7, 11) is 0. The van der Waals surface area contributed by atoms with Gasteiger partial charge in [0.05, 0.1) is 18.1 Å². The van der Waals surface area contributed by atoms with Crippen LogP contribution < -0.4 is 4.90 Å². The number of anilines is 1. The van der Waals surface area contributed by atoms with E-state index >= 15 is 0 Å². The summed E-state index contributed by atoms with van der Waals surface area (Å²) in [4.78, 5) is 26.3. The first-order valence-electron chi connectivity index (χ1n) is 11.7. The Balaban J connectivity index is 1.12. The zero-order chi connectivity index (χ0) is 20.3. The fourth-order valence-corrected chi connectivity index (χ4v) is 7.03. The van der Waals surface area contributed by atoms with E-state index in [1.165, 1.54) is 19.3 Å². The third-order valence-electron chi connectivity index (χ3n) is 8.74. The Morgan fingerprint density at radius 3 is 2.67 bits per heavy atom. The summed E-state index contributed by atoms with van der Waals surface area (Å²) in [5.41, 5.74) is 0.391. The second-order valence-electron chi connectivity index (χ2n) is 10.4. The summed E-state index contributed by atoms with van der Waals surface area (Å²) in [6, 6.07) is 1.85. The number of piperazine rings is 1. The Labute approximate surface area is 178 Å². The topological polar surface area (TPSA) is 71.1 Å². The maximum Gasteiger partial charge on any atom is 0.310 e. The minimum absolute atomic E-state index is 0.0109. The van der Waals surface area contributed by atoms with Crippen molar-refractivity contribution in [2.75, 3.05) is 44.2 Å². The number of ether oxygens (including phenoxy) is 2. The Morgan fingerprint density at radius 1 is 1.17 bits per heavy atom. The number of hydrogen-bond donors (Lipinski definition) is 0. The summed E-state index contributed by atoms with van der Waals surface area (Å²) in [5, 5.41) is 0. The lowest BCUT2D eigenvalue weighted by atomic mass is 9.53. The van der Waals surface area contributed by atoms with Crippen molar-refractivity contribution < 1.29 is 14.3 Å². The van der Waals surface area contributed by atoms with Crippen LogP contribution in [0, 0.1) is 23.2 Å². The largest absolute Gasteiger partial charge is 0.462 e. The average molecular weight is 413 g/mol. The number of aromatic nitrogens is 2. The van der Waals surface area contributed by atoms with E-state index in [-0.39, 0.29) is 29.0 Å². The van der Waals surface area contributed by atoms with Crippen molar-refractivity contribution in [3.05, 3.63) is 18.5 Å². The second kappa shape index (κ2) is 6.89. The number of hydrogen-bond acceptors (Lipinski definition) is 7. The van der Waals surface area contributed by atoms with Gasteiger partial charge in [-0.3, -0.25) is 9.69 Å². The van der Waals surface area contributed by atoms with Gasteiger partial charge in [-0.05, 0) is 49.5 Å². The van der Waals surface area contributed by atoms with Crippen molar-refractivity contribution in [1.29, 1.82) is 0 Å². The average Bonchev–Trinajstić information content (AvgIpc) is 3.46. The number of epoxide rings is 1. The van der Waals surface area contributed by atoms with Crippen LogP contribution in [-0.4, -0.2) is 71.9 Å². The van der Waals surface area contributed by atoms with Crippen LogP contribution in [0.1, 0.15) is 39.0 Å². The highest BCUT2D eigenvalue weighted by molar-refractivity contribution is 5.75. The molecule has 0 N–H and O–H groups in total. The first kappa shape index (κ1) is 19.0. The molecule has 162 valence electrons. The molecule has 0 radical (unpaired) electrons. The molecule has 30 heavy (non-hydrogen) atoms. The zero-order valence-electron chi connectivity index (χ0n) is 17.8. The van der Waals surface area contributed by atoms with E-state index in [1.807, 2.05) is 6.07 Å². The summed E-state index contributed by atoms with van der Waals surface area (Å²) < 4.78 is 12.0. The molecule has 1 aromatic rings. The normalized spacial score (nSPS) is 43.2. The van der Waals surface area contributed by atoms with Crippen LogP contribution in [0.25, 0.3) is 0 Å². The van der Waals surface area contributed by atoms with Gasteiger partial charge in [-0.25, -0.2) is 9.97 Å². The van der Waals surface area contributed by atoms with Crippen LogP contribution in [0.2, 0.25) is 0 Å². The predicted molar refractivity (Wildman–Crippen MR) is 111 cm³/mol. The minimum atomic E-state index is 0.0109. The van der Waals surface area contributed by atoms with Crippen molar-refractivity contribution >= 4 is 11.9 Å². The van der Waals surface area contributed by atoms with Gasteiger partial charge in [0.2, 0.25) is 5.95 Å². The van der Waals surface area contributed by atoms with Crippen LogP contribution in [0.4, 0.5) is 5.95 Å². The Bertz CT molecular complexity index is 808. The lowest BCUT2D eigenvalue weighted by Crippen LogP contribution is -2.52. The molecular weight excluding hydrogens is 380 g/mol. The van der Waals surface area contributed by atoms with Gasteiger partial charge in [0, 0.05) is 51.0 Å². The molecule has 3 unspecified atom stereocenters. The van der Waals surface area contributed by atoms with Gasteiger partial charge in [0.25, 0.3) is 0 Å². The van der Waals surface area contributed by atoms with Crippen molar-refractivity contribution in [2.45, 2.75) is 50.7 Å². The Morgan fingerprint density at radius 2 is 1.93 bits per heavy atom. The second-order valence-corrected chi connectivity index (χ2v) is 10.4. The SMILES string of the molecule is C[C@]12CCCC3(CO3)C1C[C@@H]1C(CN3CCN(c4ncccn4)CC3)C(=O)O[C@@H]1C2. The predicted octanol–water partition coefficient (Wildman–Crippen LogP) is 2.13. The van der Waals surface area contributed by atoms with E-state index < -0.39 is 0 Å². The number of fused-ring (bicyclic) bond motifs is 3. The fourth-order valence-electron chi connectivity index (χ4n) is 7.03. The van der Waals surface area contributed by atoms with E-state index in [1.54, 1.807) is 12.4 Å². The van der Waals surface area contributed by atoms with Gasteiger partial charge >= 0.3 is 5.97 Å². The molecule has 4 heterocycles. The molecule has 7 nitrogen and oxygen atoms in total. The van der Waals surface area contributed by atoms with Gasteiger partial charge in [-0.15, -0.1) is 0 Å². The molecule has 0 amide bonds. The quantitative estimate of drug-likeness (QED) is 0.556. The lowest BCUT2D eigenvalue weighted by Gasteiger charge is -2.51. The van der Waals surface area contributed by atoms with E-state index in [0.29, 0.717) is 11.8 Å². The summed E-state index contributed by atoms with van der Waals surface area (Å²) >= 11 is 0. The van der Waals surface area contributed by atoms with Crippen LogP contribution >= 0.6 is 0 Å². The maximum absolute atomic E-state index is 12.9. The molecule has 3 aliphatic heterocycles. The molecule has 2 aliphatic carbocycles. The molecule has 5 aliphatic rings. The standard InChI is InChI=1S/C23H32N4O3/c1-22-4-2-5-23(15-29-23)19(22)12-16-17(20(28)30-18(16)13-22)14-26-8-10-27(11-9-26)21-24-6-3-7-25-21/h3,6-7,16-19H,2,4-5,8-15H2,1H3/t16-,17?,18-,19?,22-,23?/m1/s1. The minimum Gasteiger partial charge on any atom is -0.462 e. The lowest BCUT2D eigenvalue weighted by molar-refractivity contribution is -0.147. The highest BCUT2D eigenvalue weighted by Gasteiger charge is 2.65. The van der Waals surface area contributed by atoms with E-state index in [0.717, 1.165) is 58.1 Å². The molecular formula is C23H32N4O3. The maximum atomic E-state index is 12.9. The Kier molecular flexibility index (Phi) is 4.36. The molecule has 1 aromatic heterocycles. The van der Waals surface area contributed by atoms with Crippen molar-refractivity contribution in [3.63, 3.8) is 0 Å². The molecule has 6 rings (SSSR count). The van der Waals surface area contributed by atoms with Crippen molar-refractivity contribution in [1.82, 2.24) is 14.9 Å². The summed E-state index contributed by atoms with van der Waals surface area (Å²) in [6.45, 7) is 7.84. The van der Waals surface area contributed by atoms with Gasteiger partial charge < -0.3 is 14.4 Å². The van der Waals surface area contributed by atoms with E-state index in [2.05, 4.69) is 26.7 Å². The summed E-state index contributed by atoms with van der Waals surface area (Å²) in [5.74, 6) is 1.79. The van der Waals surface area contributed by atoms with Crippen LogP contribution in [0.5, 0.6) is 0 Å². The number of carbonyl (C=O) groups excluding carboxylic acids is 1. The molecule has 1 spiro atoms. The number of esters is 1. The number of nitrogens with zero attached hydrogens (tertiary/aromatic N) is 4. The Hall–Kier alpha value is -1.73. The van der Waals surface area contributed by atoms with Crippen LogP contribution in [0.3, 0.4) is 0 Å². The highest BCUT2D eigenvalue weighted by atomic mass is 16.6. The third kappa shape index (κ3) is 3.04. The number of carbonyl (C=O) groups is 1. The van der Waals surface area contributed by atoms with Gasteiger partial charge in [-0.2, -0.15) is 0 Å². The molecule has 0 aromatic carbocycles. The van der Waals surface area contributed by atoms with Crippen molar-refractivity contribution in [2.24, 2.45) is 23.2 Å². The molecule has 7 heteroatoms. The molecule has 3 saturated heterocycles. The first-order chi connectivity index (χ1) is 14.6. The summed E-state index contributed by atoms with van der Waals surface area (Å²) in [6.07, 6.45) is 9.51. The van der Waals surface area contributed by atoms with Crippen LogP contribution in [-0.2, 0) is 14.3 Å². The van der Waals surface area contributed by atoms with E-state index in [9.17, 15) is 4.79 Å². The molecule has 0 bridgehead atoms. The third-order valence-corrected chi connectivity index (χ3v) is 8.74.